The summed E-state index contributed by atoms with van der Waals surface area (Å²) in [4.78, 5) is 24.6. The Morgan fingerprint density at radius 3 is 2.49 bits per heavy atom. The van der Waals surface area contributed by atoms with E-state index in [4.69, 9.17) is 4.52 Å². The fourth-order valence-electron chi connectivity index (χ4n) is 4.36. The Kier molecular flexibility index (Phi) is 8.81. The number of carbonyl (C=O) groups excluding carboxylic acids is 2. The van der Waals surface area contributed by atoms with Gasteiger partial charge in [-0.25, -0.2) is 0 Å². The number of hydrogen-bond acceptors (Lipinski definition) is 6. The molecule has 4 rings (SSSR count). The van der Waals surface area contributed by atoms with Gasteiger partial charge in [-0.05, 0) is 43.4 Å². The van der Waals surface area contributed by atoms with Crippen molar-refractivity contribution in [2.45, 2.75) is 58.7 Å². The SMILES string of the molecule is Cc1cc(C(C(=O)N2CC(O)CC2C)C(C)C)on1.Cn1nccc1-c1ccc(CNC=O)cc1. The van der Waals surface area contributed by atoms with Crippen LogP contribution in [0.4, 0.5) is 0 Å². The number of hydrogen-bond donors (Lipinski definition) is 2. The van der Waals surface area contributed by atoms with E-state index in [1.165, 1.54) is 0 Å². The summed E-state index contributed by atoms with van der Waals surface area (Å²) in [6.45, 7) is 8.79. The highest BCUT2D eigenvalue weighted by atomic mass is 16.5. The largest absolute Gasteiger partial charge is 0.391 e. The van der Waals surface area contributed by atoms with Crippen LogP contribution in [0.5, 0.6) is 0 Å². The lowest BCUT2D eigenvalue weighted by Crippen LogP contribution is -2.39. The Morgan fingerprint density at radius 2 is 2.00 bits per heavy atom. The molecule has 2 amide bonds. The first-order chi connectivity index (χ1) is 16.7. The zero-order valence-electron chi connectivity index (χ0n) is 21.0. The fraction of sp³-hybridized carbons (Fsp3) is 0.462. The summed E-state index contributed by atoms with van der Waals surface area (Å²) in [5, 5.41) is 20.3. The van der Waals surface area contributed by atoms with Crippen molar-refractivity contribution in [3.63, 3.8) is 0 Å². The maximum Gasteiger partial charge on any atom is 0.234 e. The number of nitrogens with one attached hydrogen (secondary N) is 1. The standard InChI is InChI=1S/C14H22N2O3.C12H13N3O/c1-8(2)13(12-5-9(3)15-19-12)14(18)16-7-11(17)6-10(16)4;1-15-12(6-7-14-15)11-4-2-10(3-5-11)8-13-9-16/h5,8,10-11,13,17H,6-7H2,1-4H3;2-7,9H,8H2,1H3,(H,13,16). The summed E-state index contributed by atoms with van der Waals surface area (Å²) in [7, 11) is 1.91. The molecule has 1 fully saturated rings. The van der Waals surface area contributed by atoms with E-state index in [0.717, 1.165) is 22.5 Å². The van der Waals surface area contributed by atoms with Crippen molar-refractivity contribution in [3.05, 3.63) is 59.6 Å². The average molecular weight is 482 g/mol. The molecule has 3 atom stereocenters. The minimum atomic E-state index is -0.414. The van der Waals surface area contributed by atoms with Gasteiger partial charge in [0.25, 0.3) is 0 Å². The van der Waals surface area contributed by atoms with E-state index in [2.05, 4.69) is 15.6 Å². The first-order valence-corrected chi connectivity index (χ1v) is 11.9. The summed E-state index contributed by atoms with van der Waals surface area (Å²) in [6, 6.07) is 11.9. The number of aryl methyl sites for hydroxylation is 2. The fourth-order valence-corrected chi connectivity index (χ4v) is 4.36. The van der Waals surface area contributed by atoms with Gasteiger partial charge in [0.1, 0.15) is 11.7 Å². The highest BCUT2D eigenvalue weighted by Gasteiger charge is 2.38. The van der Waals surface area contributed by atoms with Crippen LogP contribution in [0.25, 0.3) is 11.3 Å². The third kappa shape index (κ3) is 6.57. The zero-order chi connectivity index (χ0) is 25.5. The molecule has 0 saturated carbocycles. The number of aliphatic hydroxyl groups excluding tert-OH is 1. The molecule has 3 unspecified atom stereocenters. The van der Waals surface area contributed by atoms with Crippen molar-refractivity contribution in [1.29, 1.82) is 0 Å². The molecule has 0 bridgehead atoms. The van der Waals surface area contributed by atoms with Crippen LogP contribution in [0, 0.1) is 12.8 Å². The van der Waals surface area contributed by atoms with E-state index < -0.39 is 6.10 Å². The van der Waals surface area contributed by atoms with E-state index in [0.29, 0.717) is 31.7 Å². The van der Waals surface area contributed by atoms with Crippen LogP contribution in [-0.2, 0) is 23.2 Å². The predicted octanol–water partition coefficient (Wildman–Crippen LogP) is 3.04. The number of likely N-dealkylation sites (tertiary alicyclic amines) is 1. The smallest absolute Gasteiger partial charge is 0.234 e. The van der Waals surface area contributed by atoms with E-state index in [1.807, 2.05) is 75.8 Å². The van der Waals surface area contributed by atoms with Crippen LogP contribution in [-0.4, -0.2) is 56.0 Å². The quantitative estimate of drug-likeness (QED) is 0.502. The Morgan fingerprint density at radius 1 is 1.29 bits per heavy atom. The lowest BCUT2D eigenvalue weighted by atomic mass is 9.91. The van der Waals surface area contributed by atoms with Gasteiger partial charge in [-0.2, -0.15) is 5.10 Å². The molecule has 9 nitrogen and oxygen atoms in total. The van der Waals surface area contributed by atoms with Gasteiger partial charge in [-0.1, -0.05) is 43.3 Å². The minimum Gasteiger partial charge on any atom is -0.391 e. The summed E-state index contributed by atoms with van der Waals surface area (Å²) in [5.41, 5.74) is 4.06. The van der Waals surface area contributed by atoms with Gasteiger partial charge in [0.15, 0.2) is 0 Å². The van der Waals surface area contributed by atoms with E-state index in [1.54, 1.807) is 11.1 Å². The lowest BCUT2D eigenvalue weighted by Gasteiger charge is -2.27. The number of aromatic nitrogens is 3. The number of aliphatic hydroxyl groups is 1. The molecule has 2 N–H and O–H groups in total. The maximum atomic E-state index is 12.7. The molecule has 2 aromatic heterocycles. The van der Waals surface area contributed by atoms with Crippen LogP contribution in [0.2, 0.25) is 0 Å². The molecule has 0 aliphatic carbocycles. The third-order valence-electron chi connectivity index (χ3n) is 6.18. The van der Waals surface area contributed by atoms with Gasteiger partial charge in [-0.15, -0.1) is 0 Å². The van der Waals surface area contributed by atoms with Crippen LogP contribution in [0.15, 0.2) is 47.1 Å². The Labute approximate surface area is 206 Å². The molecular formula is C26H35N5O4. The topological polar surface area (TPSA) is 113 Å². The second kappa shape index (κ2) is 11.8. The van der Waals surface area contributed by atoms with Crippen molar-refractivity contribution < 1.29 is 19.2 Å². The second-order valence-electron chi connectivity index (χ2n) is 9.36. The van der Waals surface area contributed by atoms with Crippen molar-refractivity contribution in [1.82, 2.24) is 25.2 Å². The normalized spacial score (nSPS) is 18.2. The molecule has 9 heteroatoms. The number of β-amino-alcohol motifs (C(OH)–C–C–N with tert-alkyl or cyclic N) is 1. The Hall–Kier alpha value is -3.46. The number of rotatable bonds is 7. The summed E-state index contributed by atoms with van der Waals surface area (Å²) >= 11 is 0. The average Bonchev–Trinajstić information content (AvgIpc) is 3.53. The molecule has 1 aliphatic heterocycles. The summed E-state index contributed by atoms with van der Waals surface area (Å²) in [6.07, 6.45) is 2.71. The third-order valence-corrected chi connectivity index (χ3v) is 6.18. The van der Waals surface area contributed by atoms with Crippen LogP contribution in [0.3, 0.4) is 0 Å². The summed E-state index contributed by atoms with van der Waals surface area (Å²) in [5.74, 6) is 0.444. The molecule has 188 valence electrons. The van der Waals surface area contributed by atoms with Crippen molar-refractivity contribution in [3.8, 4) is 11.3 Å². The van der Waals surface area contributed by atoms with Gasteiger partial charge < -0.3 is 19.8 Å². The Balaban J connectivity index is 0.000000198. The van der Waals surface area contributed by atoms with E-state index in [9.17, 15) is 14.7 Å². The van der Waals surface area contributed by atoms with Gasteiger partial charge in [-0.3, -0.25) is 14.3 Å². The predicted molar refractivity (Wildman–Crippen MR) is 132 cm³/mol. The number of nitrogens with zero attached hydrogens (tertiary/aromatic N) is 4. The molecule has 1 aromatic carbocycles. The zero-order valence-corrected chi connectivity index (χ0v) is 21.0. The molecule has 1 aliphatic rings. The molecule has 3 aromatic rings. The van der Waals surface area contributed by atoms with Crippen LogP contribution in [0.1, 0.15) is 50.1 Å². The maximum absolute atomic E-state index is 12.7. The van der Waals surface area contributed by atoms with Gasteiger partial charge >= 0.3 is 0 Å². The molecule has 0 radical (unpaired) electrons. The van der Waals surface area contributed by atoms with Crippen molar-refractivity contribution in [2.75, 3.05) is 6.54 Å². The highest BCUT2D eigenvalue weighted by molar-refractivity contribution is 5.84. The monoisotopic (exact) mass is 481 g/mol. The first-order valence-electron chi connectivity index (χ1n) is 11.9. The number of carbonyl (C=O) groups is 2. The molecule has 1 saturated heterocycles. The minimum absolute atomic E-state index is 0.0233. The molecule has 3 heterocycles. The molecule has 35 heavy (non-hydrogen) atoms. The Bertz CT molecular complexity index is 1110. The van der Waals surface area contributed by atoms with Crippen molar-refractivity contribution in [2.24, 2.45) is 13.0 Å². The second-order valence-corrected chi connectivity index (χ2v) is 9.36. The van der Waals surface area contributed by atoms with E-state index in [-0.39, 0.29) is 23.8 Å². The number of benzene rings is 1. The van der Waals surface area contributed by atoms with Gasteiger partial charge in [0, 0.05) is 38.4 Å². The first kappa shape index (κ1) is 26.2. The highest BCUT2D eigenvalue weighted by Crippen LogP contribution is 2.30. The lowest BCUT2D eigenvalue weighted by molar-refractivity contribution is -0.135. The van der Waals surface area contributed by atoms with Gasteiger partial charge in [0.05, 0.1) is 17.5 Å². The molecule has 0 spiro atoms. The van der Waals surface area contributed by atoms with E-state index >= 15 is 0 Å². The van der Waals surface area contributed by atoms with Crippen molar-refractivity contribution >= 4 is 12.3 Å². The van der Waals surface area contributed by atoms with Gasteiger partial charge in [0.2, 0.25) is 12.3 Å². The number of amides is 2. The van der Waals surface area contributed by atoms with Crippen LogP contribution >= 0.6 is 0 Å². The summed E-state index contributed by atoms with van der Waals surface area (Å²) < 4.78 is 7.10. The van der Waals surface area contributed by atoms with Crippen LogP contribution < -0.4 is 5.32 Å². The molecular weight excluding hydrogens is 446 g/mol.